The lowest BCUT2D eigenvalue weighted by Gasteiger charge is -2.15. The molecule has 1 aromatic carbocycles. The maximum Gasteiger partial charge on any atom is 0.357 e. The molecule has 2 heterocycles. The van der Waals surface area contributed by atoms with E-state index in [9.17, 15) is 9.59 Å². The Balaban J connectivity index is 2.42. The Bertz CT molecular complexity index is 848. The molecule has 1 aromatic heterocycles. The lowest BCUT2D eigenvalue weighted by atomic mass is 9.93. The number of ether oxygens (including phenoxy) is 2. The number of rotatable bonds is 2. The molecule has 1 aliphatic rings. The van der Waals surface area contributed by atoms with Crippen LogP contribution in [0.1, 0.15) is 32.1 Å². The van der Waals surface area contributed by atoms with Crippen molar-refractivity contribution in [1.29, 1.82) is 0 Å². The number of methoxy groups -OCH3 is 1. The topological polar surface area (TPSA) is 65.5 Å². The molecule has 0 N–H and O–H groups in total. The van der Waals surface area contributed by atoms with Crippen molar-refractivity contribution in [3.8, 4) is 11.1 Å². The number of aromatic nitrogens is 1. The van der Waals surface area contributed by atoms with Gasteiger partial charge in [0.15, 0.2) is 5.69 Å². The number of hydrogen-bond donors (Lipinski definition) is 0. The molecule has 0 saturated heterocycles. The Morgan fingerprint density at radius 1 is 1.35 bits per heavy atom. The number of fused-ring (bicyclic) bond motifs is 1. The summed E-state index contributed by atoms with van der Waals surface area (Å²) in [6, 6.07) is 5.07. The van der Waals surface area contributed by atoms with E-state index in [1.54, 1.807) is 25.1 Å². The van der Waals surface area contributed by atoms with Gasteiger partial charge in [-0.15, -0.1) is 0 Å². The summed E-state index contributed by atoms with van der Waals surface area (Å²) in [5.41, 5.74) is 2.29. The zero-order chi connectivity index (χ0) is 16.7. The van der Waals surface area contributed by atoms with Crippen molar-refractivity contribution >= 4 is 35.1 Å². The normalized spacial score (nSPS) is 12.8. The van der Waals surface area contributed by atoms with Crippen molar-refractivity contribution in [2.24, 2.45) is 0 Å². The highest BCUT2D eigenvalue weighted by molar-refractivity contribution is 6.43. The van der Waals surface area contributed by atoms with Gasteiger partial charge in [-0.1, -0.05) is 35.3 Å². The molecule has 0 radical (unpaired) electrons. The fourth-order valence-corrected chi connectivity index (χ4v) is 3.00. The van der Waals surface area contributed by atoms with E-state index < -0.39 is 11.9 Å². The second kappa shape index (κ2) is 5.83. The van der Waals surface area contributed by atoms with E-state index in [4.69, 9.17) is 32.7 Å². The van der Waals surface area contributed by atoms with Gasteiger partial charge >= 0.3 is 11.9 Å². The highest BCUT2D eigenvalue weighted by Crippen LogP contribution is 2.40. The van der Waals surface area contributed by atoms with Crippen molar-refractivity contribution in [3.05, 3.63) is 50.8 Å². The van der Waals surface area contributed by atoms with E-state index >= 15 is 0 Å². The molecule has 5 nitrogen and oxygen atoms in total. The number of hydrogen-bond acceptors (Lipinski definition) is 5. The monoisotopic (exact) mass is 351 g/mol. The Labute approximate surface area is 142 Å². The second-order valence-corrected chi connectivity index (χ2v) is 5.73. The van der Waals surface area contributed by atoms with Crippen LogP contribution < -0.4 is 0 Å². The molecular formula is C16H11Cl2NO4. The van der Waals surface area contributed by atoms with Crippen molar-refractivity contribution in [3.63, 3.8) is 0 Å². The summed E-state index contributed by atoms with van der Waals surface area (Å²) >= 11 is 12.4. The van der Waals surface area contributed by atoms with Gasteiger partial charge < -0.3 is 9.47 Å². The summed E-state index contributed by atoms with van der Waals surface area (Å²) in [5, 5.41) is 0.625. The summed E-state index contributed by atoms with van der Waals surface area (Å²) in [4.78, 5) is 28.3. The number of nitrogens with zero attached hydrogens (tertiary/aromatic N) is 1. The van der Waals surface area contributed by atoms with Crippen LogP contribution in [0.5, 0.6) is 0 Å². The third kappa shape index (κ3) is 2.46. The number of carbonyl (C=O) groups is 2. The summed E-state index contributed by atoms with van der Waals surface area (Å²) in [5.74, 6) is -1.10. The Hall–Kier alpha value is -2.11. The minimum Gasteiger partial charge on any atom is -0.465 e. The number of pyridine rings is 1. The second-order valence-electron chi connectivity index (χ2n) is 4.94. The fourth-order valence-electron chi connectivity index (χ4n) is 2.60. The molecule has 0 bridgehead atoms. The van der Waals surface area contributed by atoms with Crippen LogP contribution in [-0.4, -0.2) is 24.0 Å². The number of benzene rings is 1. The molecule has 0 saturated carbocycles. The summed E-state index contributed by atoms with van der Waals surface area (Å²) in [6.45, 7) is 1.64. The zero-order valence-electron chi connectivity index (χ0n) is 12.3. The largest absolute Gasteiger partial charge is 0.465 e. The van der Waals surface area contributed by atoms with Crippen LogP contribution in [0, 0.1) is 6.92 Å². The standard InChI is InChI=1S/C16H11Cl2NO4/c1-7-11(15(20)22-2)12(8-4-3-5-10(17)13(8)18)9-6-23-16(21)14(9)19-7/h3-5H,6H2,1-2H3. The first-order chi connectivity index (χ1) is 11.0. The number of esters is 2. The Kier molecular flexibility index (Phi) is 4.00. The number of carbonyl (C=O) groups excluding carboxylic acids is 2. The lowest BCUT2D eigenvalue weighted by molar-refractivity contribution is 0.0530. The molecule has 0 unspecified atom stereocenters. The molecule has 0 aliphatic carbocycles. The van der Waals surface area contributed by atoms with Crippen molar-refractivity contribution < 1.29 is 19.1 Å². The van der Waals surface area contributed by atoms with Gasteiger partial charge in [-0.05, 0) is 13.0 Å². The molecule has 7 heteroatoms. The Morgan fingerprint density at radius 3 is 2.78 bits per heavy atom. The first-order valence-electron chi connectivity index (χ1n) is 6.69. The minimum atomic E-state index is -0.566. The van der Waals surface area contributed by atoms with Gasteiger partial charge in [-0.25, -0.2) is 14.6 Å². The van der Waals surface area contributed by atoms with Crippen molar-refractivity contribution in [2.75, 3.05) is 7.11 Å². The molecular weight excluding hydrogens is 341 g/mol. The summed E-state index contributed by atoms with van der Waals surface area (Å²) < 4.78 is 9.90. The molecule has 2 aromatic rings. The third-order valence-electron chi connectivity index (χ3n) is 3.63. The molecule has 118 valence electrons. The highest BCUT2D eigenvalue weighted by atomic mass is 35.5. The van der Waals surface area contributed by atoms with Crippen LogP contribution in [0.4, 0.5) is 0 Å². The first kappa shape index (κ1) is 15.8. The van der Waals surface area contributed by atoms with Crippen LogP contribution in [0.3, 0.4) is 0 Å². The van der Waals surface area contributed by atoms with Gasteiger partial charge in [0, 0.05) is 16.7 Å². The average Bonchev–Trinajstić information content (AvgIpc) is 2.89. The predicted octanol–water partition coefficient (Wildman–Crippen LogP) is 3.82. The van der Waals surface area contributed by atoms with Crippen LogP contribution in [-0.2, 0) is 16.1 Å². The molecule has 0 spiro atoms. The zero-order valence-corrected chi connectivity index (χ0v) is 13.8. The van der Waals surface area contributed by atoms with Gasteiger partial charge in [-0.2, -0.15) is 0 Å². The average molecular weight is 352 g/mol. The van der Waals surface area contributed by atoms with Crippen molar-refractivity contribution in [2.45, 2.75) is 13.5 Å². The SMILES string of the molecule is COC(=O)c1c(C)nc2c(c1-c1cccc(Cl)c1Cl)COC2=O. The molecule has 0 atom stereocenters. The quantitative estimate of drug-likeness (QED) is 0.769. The predicted molar refractivity (Wildman–Crippen MR) is 84.9 cm³/mol. The van der Waals surface area contributed by atoms with Gasteiger partial charge in [-0.3, -0.25) is 0 Å². The van der Waals surface area contributed by atoms with E-state index in [0.717, 1.165) is 0 Å². The van der Waals surface area contributed by atoms with Gasteiger partial charge in [0.05, 0.1) is 28.4 Å². The molecule has 23 heavy (non-hydrogen) atoms. The summed E-state index contributed by atoms with van der Waals surface area (Å²) in [6.07, 6.45) is 0. The van der Waals surface area contributed by atoms with E-state index in [1.165, 1.54) is 7.11 Å². The minimum absolute atomic E-state index is 0.0175. The van der Waals surface area contributed by atoms with E-state index in [2.05, 4.69) is 4.98 Å². The van der Waals surface area contributed by atoms with Gasteiger partial charge in [0.2, 0.25) is 0 Å². The Morgan fingerprint density at radius 2 is 2.09 bits per heavy atom. The molecule has 0 amide bonds. The van der Waals surface area contributed by atoms with Crippen LogP contribution >= 0.6 is 23.2 Å². The lowest BCUT2D eigenvalue weighted by Crippen LogP contribution is -2.12. The first-order valence-corrected chi connectivity index (χ1v) is 7.44. The third-order valence-corrected chi connectivity index (χ3v) is 4.45. The van der Waals surface area contributed by atoms with E-state index in [0.29, 0.717) is 27.4 Å². The van der Waals surface area contributed by atoms with E-state index in [1.807, 2.05) is 0 Å². The van der Waals surface area contributed by atoms with Gasteiger partial charge in [0.25, 0.3) is 0 Å². The number of cyclic esters (lactones) is 1. The van der Waals surface area contributed by atoms with Crippen molar-refractivity contribution in [1.82, 2.24) is 4.98 Å². The molecule has 3 rings (SSSR count). The van der Waals surface area contributed by atoms with Gasteiger partial charge in [0.1, 0.15) is 6.61 Å². The number of halogens is 2. The maximum atomic E-state index is 12.2. The smallest absolute Gasteiger partial charge is 0.357 e. The fraction of sp³-hybridized carbons (Fsp3) is 0.188. The van der Waals surface area contributed by atoms with E-state index in [-0.39, 0.29) is 22.9 Å². The molecule has 1 aliphatic heterocycles. The number of aryl methyl sites for hydroxylation is 1. The maximum absolute atomic E-state index is 12.2. The summed E-state index contributed by atoms with van der Waals surface area (Å²) in [7, 11) is 1.28. The molecule has 0 fully saturated rings. The van der Waals surface area contributed by atoms with Crippen LogP contribution in [0.15, 0.2) is 18.2 Å². The highest BCUT2D eigenvalue weighted by Gasteiger charge is 2.32. The van der Waals surface area contributed by atoms with Crippen LogP contribution in [0.25, 0.3) is 11.1 Å². The van der Waals surface area contributed by atoms with Crippen LogP contribution in [0.2, 0.25) is 10.0 Å².